The van der Waals surface area contributed by atoms with Crippen LogP contribution in [0.4, 0.5) is 0 Å². The molecule has 24 heavy (non-hydrogen) atoms. The van der Waals surface area contributed by atoms with Crippen LogP contribution in [0.25, 0.3) is 0 Å². The Kier molecular flexibility index (Phi) is 5.45. The van der Waals surface area contributed by atoms with Crippen LogP contribution in [0.1, 0.15) is 34.7 Å². The predicted molar refractivity (Wildman–Crippen MR) is 84.5 cm³/mol. The average Bonchev–Trinajstić information content (AvgIpc) is 3.09. The van der Waals surface area contributed by atoms with Gasteiger partial charge in [-0.15, -0.1) is 0 Å². The van der Waals surface area contributed by atoms with Crippen molar-refractivity contribution < 1.29 is 23.8 Å². The van der Waals surface area contributed by atoms with Crippen LogP contribution in [0, 0.1) is 0 Å². The first kappa shape index (κ1) is 16.5. The number of nitrogens with zero attached hydrogens (tertiary/aromatic N) is 1. The van der Waals surface area contributed by atoms with E-state index in [2.05, 4.69) is 10.3 Å². The van der Waals surface area contributed by atoms with Gasteiger partial charge < -0.3 is 24.3 Å². The van der Waals surface area contributed by atoms with Crippen molar-refractivity contribution in [3.8, 4) is 5.88 Å². The normalized spacial score (nSPS) is 15.2. The molecule has 0 radical (unpaired) electrons. The van der Waals surface area contributed by atoms with Gasteiger partial charge in [0.25, 0.3) is 5.91 Å². The third kappa shape index (κ3) is 4.33. The Morgan fingerprint density at radius 3 is 2.71 bits per heavy atom. The van der Waals surface area contributed by atoms with Crippen molar-refractivity contribution in [1.29, 1.82) is 0 Å². The van der Waals surface area contributed by atoms with Crippen molar-refractivity contribution >= 4 is 5.91 Å². The maximum atomic E-state index is 12.1. The van der Waals surface area contributed by atoms with Gasteiger partial charge in [0.15, 0.2) is 0 Å². The average molecular weight is 332 g/mol. The molecular weight excluding hydrogens is 312 g/mol. The van der Waals surface area contributed by atoms with E-state index in [-0.39, 0.29) is 25.2 Å². The fourth-order valence-electron chi connectivity index (χ4n) is 2.42. The van der Waals surface area contributed by atoms with E-state index in [1.165, 1.54) is 6.20 Å². The Morgan fingerprint density at radius 2 is 2.04 bits per heavy atom. The zero-order chi connectivity index (χ0) is 16.8. The third-order valence-electron chi connectivity index (χ3n) is 3.75. The van der Waals surface area contributed by atoms with Crippen molar-refractivity contribution in [2.45, 2.75) is 32.1 Å². The lowest BCUT2D eigenvalue weighted by molar-refractivity contribution is 0.0237. The van der Waals surface area contributed by atoms with E-state index in [4.69, 9.17) is 19.0 Å². The SMILES string of the molecule is O=C(NCc1ccc(CO)o1)c1ccc(OC2CCOCC2)nc1. The molecule has 1 saturated heterocycles. The van der Waals surface area contributed by atoms with Gasteiger partial charge in [0, 0.05) is 25.1 Å². The standard InChI is InChI=1S/C17H20N2O5/c20-11-15-3-2-14(23-15)10-19-17(21)12-1-4-16(18-9-12)24-13-5-7-22-8-6-13/h1-4,9,13,20H,5-8,10-11H2,(H,19,21). The molecule has 0 saturated carbocycles. The lowest BCUT2D eigenvalue weighted by atomic mass is 10.1. The predicted octanol–water partition coefficient (Wildman–Crippen LogP) is 1.65. The molecule has 1 amide bonds. The molecule has 2 aromatic heterocycles. The number of nitrogens with one attached hydrogen (secondary N) is 1. The second-order valence-electron chi connectivity index (χ2n) is 5.52. The minimum atomic E-state index is -0.248. The first-order valence-electron chi connectivity index (χ1n) is 7.91. The second kappa shape index (κ2) is 7.94. The Bertz CT molecular complexity index is 662. The van der Waals surface area contributed by atoms with E-state index in [1.54, 1.807) is 24.3 Å². The largest absolute Gasteiger partial charge is 0.474 e. The van der Waals surface area contributed by atoms with Crippen LogP contribution in [0.3, 0.4) is 0 Å². The Labute approximate surface area is 139 Å². The highest BCUT2D eigenvalue weighted by atomic mass is 16.5. The summed E-state index contributed by atoms with van der Waals surface area (Å²) in [5.41, 5.74) is 0.447. The number of aliphatic hydroxyl groups is 1. The zero-order valence-corrected chi connectivity index (χ0v) is 13.2. The molecule has 2 N–H and O–H groups in total. The van der Waals surface area contributed by atoms with Crippen molar-refractivity contribution in [3.63, 3.8) is 0 Å². The molecule has 1 aliphatic heterocycles. The molecular formula is C17H20N2O5. The van der Waals surface area contributed by atoms with Crippen LogP contribution >= 0.6 is 0 Å². The summed E-state index contributed by atoms with van der Waals surface area (Å²) in [5.74, 6) is 1.31. The first-order valence-corrected chi connectivity index (χ1v) is 7.91. The fraction of sp³-hybridized carbons (Fsp3) is 0.412. The maximum absolute atomic E-state index is 12.1. The van der Waals surface area contributed by atoms with Gasteiger partial charge in [0.2, 0.25) is 5.88 Å². The van der Waals surface area contributed by atoms with Crippen LogP contribution in [0.5, 0.6) is 5.88 Å². The highest BCUT2D eigenvalue weighted by molar-refractivity contribution is 5.93. The minimum Gasteiger partial charge on any atom is -0.474 e. The number of ether oxygens (including phenoxy) is 2. The fourth-order valence-corrected chi connectivity index (χ4v) is 2.42. The molecule has 0 bridgehead atoms. The molecule has 1 fully saturated rings. The molecule has 0 aromatic carbocycles. The smallest absolute Gasteiger partial charge is 0.253 e. The first-order chi connectivity index (χ1) is 11.7. The van der Waals surface area contributed by atoms with Crippen molar-refractivity contribution in [2.24, 2.45) is 0 Å². The second-order valence-corrected chi connectivity index (χ2v) is 5.52. The number of aromatic nitrogens is 1. The van der Waals surface area contributed by atoms with E-state index in [1.807, 2.05) is 0 Å². The monoisotopic (exact) mass is 332 g/mol. The molecule has 0 spiro atoms. The van der Waals surface area contributed by atoms with Gasteiger partial charge in [-0.2, -0.15) is 0 Å². The van der Waals surface area contributed by atoms with Crippen LogP contribution in [0.2, 0.25) is 0 Å². The number of hydrogen-bond donors (Lipinski definition) is 2. The van der Waals surface area contributed by atoms with Crippen molar-refractivity contribution in [1.82, 2.24) is 10.3 Å². The van der Waals surface area contributed by atoms with E-state index in [0.29, 0.717) is 36.2 Å². The zero-order valence-electron chi connectivity index (χ0n) is 13.2. The molecule has 7 nitrogen and oxygen atoms in total. The lowest BCUT2D eigenvalue weighted by Gasteiger charge is -2.22. The summed E-state index contributed by atoms with van der Waals surface area (Å²) in [7, 11) is 0. The van der Waals surface area contributed by atoms with Gasteiger partial charge in [0.05, 0.1) is 25.3 Å². The molecule has 3 rings (SSSR count). The summed E-state index contributed by atoms with van der Waals surface area (Å²) in [6, 6.07) is 6.76. The van der Waals surface area contributed by atoms with Crippen molar-refractivity contribution in [2.75, 3.05) is 13.2 Å². The number of carbonyl (C=O) groups excluding carboxylic acids is 1. The van der Waals surface area contributed by atoms with E-state index in [0.717, 1.165) is 12.8 Å². The highest BCUT2D eigenvalue weighted by Gasteiger charge is 2.16. The van der Waals surface area contributed by atoms with Gasteiger partial charge in [-0.25, -0.2) is 4.98 Å². The summed E-state index contributed by atoms with van der Waals surface area (Å²) >= 11 is 0. The van der Waals surface area contributed by atoms with E-state index >= 15 is 0 Å². The Hall–Kier alpha value is -2.38. The van der Waals surface area contributed by atoms with Crippen LogP contribution in [0.15, 0.2) is 34.9 Å². The number of carbonyl (C=O) groups is 1. The highest BCUT2D eigenvalue weighted by Crippen LogP contribution is 2.16. The number of furan rings is 1. The molecule has 1 aliphatic rings. The van der Waals surface area contributed by atoms with Gasteiger partial charge in [-0.3, -0.25) is 4.79 Å². The lowest BCUT2D eigenvalue weighted by Crippen LogP contribution is -2.26. The molecule has 2 aromatic rings. The Balaban J connectivity index is 1.51. The summed E-state index contributed by atoms with van der Waals surface area (Å²) in [4.78, 5) is 16.3. The van der Waals surface area contributed by atoms with Gasteiger partial charge in [-0.05, 0) is 18.2 Å². The molecule has 0 atom stereocenters. The quantitative estimate of drug-likeness (QED) is 0.835. The minimum absolute atomic E-state index is 0.116. The number of rotatable bonds is 6. The van der Waals surface area contributed by atoms with Crippen LogP contribution < -0.4 is 10.1 Å². The molecule has 7 heteroatoms. The summed E-state index contributed by atoms with van der Waals surface area (Å²) in [6.45, 7) is 1.50. The third-order valence-corrected chi connectivity index (χ3v) is 3.75. The molecule has 3 heterocycles. The van der Waals surface area contributed by atoms with Gasteiger partial charge >= 0.3 is 0 Å². The number of amides is 1. The number of aliphatic hydroxyl groups excluding tert-OH is 1. The van der Waals surface area contributed by atoms with Crippen LogP contribution in [-0.4, -0.2) is 35.3 Å². The molecule has 128 valence electrons. The number of hydrogen-bond acceptors (Lipinski definition) is 6. The maximum Gasteiger partial charge on any atom is 0.253 e. The molecule has 0 aliphatic carbocycles. The Morgan fingerprint density at radius 1 is 1.25 bits per heavy atom. The summed E-state index contributed by atoms with van der Waals surface area (Å²) in [6.07, 6.45) is 3.31. The summed E-state index contributed by atoms with van der Waals surface area (Å²) in [5, 5.41) is 11.7. The molecule has 0 unspecified atom stereocenters. The number of pyridine rings is 1. The van der Waals surface area contributed by atoms with Gasteiger partial charge in [0.1, 0.15) is 24.2 Å². The van der Waals surface area contributed by atoms with Crippen LogP contribution in [-0.2, 0) is 17.9 Å². The van der Waals surface area contributed by atoms with E-state index < -0.39 is 0 Å². The van der Waals surface area contributed by atoms with E-state index in [9.17, 15) is 4.79 Å². The topological polar surface area (TPSA) is 93.8 Å². The summed E-state index contributed by atoms with van der Waals surface area (Å²) < 4.78 is 16.4. The van der Waals surface area contributed by atoms with Gasteiger partial charge in [-0.1, -0.05) is 0 Å². The van der Waals surface area contributed by atoms with Crippen molar-refractivity contribution in [3.05, 3.63) is 47.5 Å².